The summed E-state index contributed by atoms with van der Waals surface area (Å²) in [6.07, 6.45) is 1.60. The van der Waals surface area contributed by atoms with Crippen molar-refractivity contribution in [3.8, 4) is 5.75 Å². The van der Waals surface area contributed by atoms with Crippen molar-refractivity contribution in [1.82, 2.24) is 14.9 Å². The summed E-state index contributed by atoms with van der Waals surface area (Å²) in [5.74, 6) is 2.39. The lowest BCUT2D eigenvalue weighted by Gasteiger charge is -2.42. The van der Waals surface area contributed by atoms with Crippen molar-refractivity contribution in [2.75, 3.05) is 50.1 Å². The fraction of sp³-hybridized carbons (Fsp3) is 0.733. The molecule has 0 atom stereocenters. The first-order valence-electron chi connectivity index (χ1n) is 7.60. The Labute approximate surface area is 127 Å². The van der Waals surface area contributed by atoms with Crippen LogP contribution in [-0.2, 0) is 0 Å². The van der Waals surface area contributed by atoms with Gasteiger partial charge in [-0.25, -0.2) is 9.97 Å². The van der Waals surface area contributed by atoms with E-state index in [1.54, 1.807) is 13.4 Å². The van der Waals surface area contributed by atoms with E-state index in [-0.39, 0.29) is 5.54 Å². The van der Waals surface area contributed by atoms with Crippen LogP contribution in [0.3, 0.4) is 0 Å². The summed E-state index contributed by atoms with van der Waals surface area (Å²) in [5, 5.41) is 3.23. The number of piperazine rings is 1. The summed E-state index contributed by atoms with van der Waals surface area (Å²) >= 11 is 0. The molecule has 6 nitrogen and oxygen atoms in total. The second-order valence-electron chi connectivity index (χ2n) is 6.25. The fourth-order valence-electron chi connectivity index (χ4n) is 2.66. The summed E-state index contributed by atoms with van der Waals surface area (Å²) in [4.78, 5) is 13.5. The summed E-state index contributed by atoms with van der Waals surface area (Å²) < 4.78 is 5.53. The van der Waals surface area contributed by atoms with Crippen LogP contribution in [0, 0.1) is 0 Å². The van der Waals surface area contributed by atoms with Crippen LogP contribution >= 0.6 is 0 Å². The van der Waals surface area contributed by atoms with Crippen molar-refractivity contribution in [3.05, 3.63) is 6.33 Å². The number of aromatic nitrogens is 2. The van der Waals surface area contributed by atoms with Crippen LogP contribution in [0.5, 0.6) is 5.75 Å². The van der Waals surface area contributed by atoms with Crippen molar-refractivity contribution in [1.29, 1.82) is 0 Å². The third-order valence-corrected chi connectivity index (χ3v) is 3.86. The minimum atomic E-state index is 0.219. The largest absolute Gasteiger partial charge is 0.490 e. The summed E-state index contributed by atoms with van der Waals surface area (Å²) in [5.41, 5.74) is 0.219. The number of methoxy groups -OCH3 is 1. The van der Waals surface area contributed by atoms with Gasteiger partial charge in [0.25, 0.3) is 0 Å². The summed E-state index contributed by atoms with van der Waals surface area (Å²) in [6, 6.07) is 0. The molecule has 6 heteroatoms. The second kappa shape index (κ2) is 6.47. The molecule has 0 aliphatic carbocycles. The molecule has 1 N–H and O–H groups in total. The Morgan fingerprint density at radius 1 is 1.19 bits per heavy atom. The van der Waals surface area contributed by atoms with Gasteiger partial charge in [0.05, 0.1) is 7.11 Å². The Hall–Kier alpha value is -1.56. The number of ether oxygens (including phenoxy) is 1. The molecule has 2 rings (SSSR count). The zero-order chi connectivity index (χ0) is 15.5. The molecule has 118 valence electrons. The molecule has 1 aromatic rings. The molecular formula is C15H27N5O. The normalized spacial score (nSPS) is 16.9. The van der Waals surface area contributed by atoms with Gasteiger partial charge in [-0.2, -0.15) is 0 Å². The maximum atomic E-state index is 5.53. The molecule has 0 radical (unpaired) electrons. The molecule has 1 aliphatic heterocycles. The highest BCUT2D eigenvalue weighted by Crippen LogP contribution is 2.32. The molecule has 1 aromatic heterocycles. The lowest BCUT2D eigenvalue weighted by molar-refractivity contribution is 0.128. The Bertz CT molecular complexity index is 464. The van der Waals surface area contributed by atoms with E-state index in [0.717, 1.165) is 50.1 Å². The van der Waals surface area contributed by atoms with E-state index in [4.69, 9.17) is 4.74 Å². The van der Waals surface area contributed by atoms with E-state index in [1.165, 1.54) is 0 Å². The van der Waals surface area contributed by atoms with Crippen LogP contribution in [0.4, 0.5) is 11.6 Å². The monoisotopic (exact) mass is 293 g/mol. The van der Waals surface area contributed by atoms with Gasteiger partial charge in [-0.3, -0.25) is 4.90 Å². The highest BCUT2D eigenvalue weighted by Gasteiger charge is 2.28. The van der Waals surface area contributed by atoms with Crippen LogP contribution < -0.4 is 15.0 Å². The quantitative estimate of drug-likeness (QED) is 0.914. The van der Waals surface area contributed by atoms with Gasteiger partial charge in [0, 0.05) is 38.3 Å². The first-order chi connectivity index (χ1) is 9.97. The number of rotatable bonds is 4. The van der Waals surface area contributed by atoms with E-state index in [1.807, 2.05) is 6.92 Å². The number of nitrogens with one attached hydrogen (secondary N) is 1. The van der Waals surface area contributed by atoms with Crippen molar-refractivity contribution in [2.45, 2.75) is 33.2 Å². The Morgan fingerprint density at radius 2 is 1.86 bits per heavy atom. The first-order valence-corrected chi connectivity index (χ1v) is 7.60. The van der Waals surface area contributed by atoms with Crippen LogP contribution in [0.2, 0.25) is 0 Å². The molecular weight excluding hydrogens is 266 g/mol. The molecule has 0 unspecified atom stereocenters. The molecule has 0 amide bonds. The number of nitrogens with zero attached hydrogens (tertiary/aromatic N) is 4. The maximum Gasteiger partial charge on any atom is 0.204 e. The minimum Gasteiger partial charge on any atom is -0.490 e. The average molecular weight is 293 g/mol. The maximum absolute atomic E-state index is 5.53. The Kier molecular flexibility index (Phi) is 4.88. The lowest BCUT2D eigenvalue weighted by Crippen LogP contribution is -2.53. The zero-order valence-corrected chi connectivity index (χ0v) is 13.8. The molecule has 1 aliphatic rings. The third-order valence-electron chi connectivity index (χ3n) is 3.86. The van der Waals surface area contributed by atoms with Crippen molar-refractivity contribution in [2.24, 2.45) is 0 Å². The van der Waals surface area contributed by atoms with Gasteiger partial charge in [0.1, 0.15) is 6.33 Å². The Balaban J connectivity index is 2.15. The number of hydrogen-bond donors (Lipinski definition) is 1. The molecule has 0 saturated carbocycles. The van der Waals surface area contributed by atoms with Crippen LogP contribution in [-0.4, -0.2) is 60.2 Å². The highest BCUT2D eigenvalue weighted by atomic mass is 16.5. The molecule has 0 bridgehead atoms. The molecule has 21 heavy (non-hydrogen) atoms. The summed E-state index contributed by atoms with van der Waals surface area (Å²) in [6.45, 7) is 13.6. The van der Waals surface area contributed by atoms with Crippen molar-refractivity contribution in [3.63, 3.8) is 0 Å². The van der Waals surface area contributed by atoms with Gasteiger partial charge in [0.15, 0.2) is 11.6 Å². The van der Waals surface area contributed by atoms with E-state index in [9.17, 15) is 0 Å². The van der Waals surface area contributed by atoms with Gasteiger partial charge in [-0.15, -0.1) is 0 Å². The van der Waals surface area contributed by atoms with Gasteiger partial charge in [-0.1, -0.05) is 0 Å². The predicted octanol–water partition coefficient (Wildman–Crippen LogP) is 1.84. The SMILES string of the molecule is CCNc1ncnc(N2CCN(C(C)(C)C)CC2)c1OC. The highest BCUT2D eigenvalue weighted by molar-refractivity contribution is 5.64. The van der Waals surface area contributed by atoms with E-state index >= 15 is 0 Å². The zero-order valence-electron chi connectivity index (χ0n) is 13.8. The van der Waals surface area contributed by atoms with Gasteiger partial charge >= 0.3 is 0 Å². The molecule has 0 aromatic carbocycles. The lowest BCUT2D eigenvalue weighted by atomic mass is 10.0. The van der Waals surface area contributed by atoms with Crippen molar-refractivity contribution >= 4 is 11.6 Å². The van der Waals surface area contributed by atoms with Crippen LogP contribution in [0.1, 0.15) is 27.7 Å². The number of hydrogen-bond acceptors (Lipinski definition) is 6. The van der Waals surface area contributed by atoms with Gasteiger partial charge in [0.2, 0.25) is 5.75 Å². The minimum absolute atomic E-state index is 0.219. The van der Waals surface area contributed by atoms with E-state index < -0.39 is 0 Å². The second-order valence-corrected chi connectivity index (χ2v) is 6.25. The average Bonchev–Trinajstić information content (AvgIpc) is 2.46. The fourth-order valence-corrected chi connectivity index (χ4v) is 2.66. The van der Waals surface area contributed by atoms with E-state index in [2.05, 4.69) is 45.9 Å². The van der Waals surface area contributed by atoms with E-state index in [0.29, 0.717) is 0 Å². The van der Waals surface area contributed by atoms with Gasteiger partial charge < -0.3 is 15.0 Å². The molecule has 2 heterocycles. The van der Waals surface area contributed by atoms with Crippen LogP contribution in [0.25, 0.3) is 0 Å². The summed E-state index contributed by atoms with van der Waals surface area (Å²) in [7, 11) is 1.68. The van der Waals surface area contributed by atoms with Gasteiger partial charge in [-0.05, 0) is 27.7 Å². The predicted molar refractivity (Wildman–Crippen MR) is 86.3 cm³/mol. The third kappa shape index (κ3) is 3.56. The van der Waals surface area contributed by atoms with Crippen LogP contribution in [0.15, 0.2) is 6.33 Å². The molecule has 0 spiro atoms. The topological polar surface area (TPSA) is 53.5 Å². The number of anilines is 2. The molecule has 1 fully saturated rings. The van der Waals surface area contributed by atoms with Crippen molar-refractivity contribution < 1.29 is 4.74 Å². The standard InChI is InChI=1S/C15H27N5O/c1-6-16-13-12(21-5)14(18-11-17-13)19-7-9-20(10-8-19)15(2,3)4/h11H,6-10H2,1-5H3,(H,16,17,18). The first kappa shape index (κ1) is 15.8. The smallest absolute Gasteiger partial charge is 0.204 e. The Morgan fingerprint density at radius 3 is 2.38 bits per heavy atom. The molecule has 1 saturated heterocycles.